The largest absolute Gasteiger partial charge is 0.354 e. The highest BCUT2D eigenvalue weighted by Gasteiger charge is 2.23. The van der Waals surface area contributed by atoms with E-state index in [1.807, 2.05) is 13.8 Å². The summed E-state index contributed by atoms with van der Waals surface area (Å²) in [6, 6.07) is 0. The summed E-state index contributed by atoms with van der Waals surface area (Å²) in [7, 11) is 1.70. The third-order valence-corrected chi connectivity index (χ3v) is 3.02. The van der Waals surface area contributed by atoms with Crippen LogP contribution < -0.4 is 0 Å². The topological polar surface area (TPSA) is 18.5 Å². The van der Waals surface area contributed by atoms with E-state index in [2.05, 4.69) is 26.8 Å². The molecule has 0 saturated carbocycles. The van der Waals surface area contributed by atoms with Crippen molar-refractivity contribution in [1.29, 1.82) is 0 Å². The molecule has 17 heavy (non-hydrogen) atoms. The van der Waals surface area contributed by atoms with Crippen molar-refractivity contribution in [2.45, 2.75) is 78.6 Å². The van der Waals surface area contributed by atoms with Gasteiger partial charge < -0.3 is 9.47 Å². The van der Waals surface area contributed by atoms with Gasteiger partial charge in [-0.05, 0) is 39.2 Å². The van der Waals surface area contributed by atoms with Crippen LogP contribution in [0.1, 0.15) is 66.7 Å². The van der Waals surface area contributed by atoms with Crippen molar-refractivity contribution in [3.8, 4) is 0 Å². The fourth-order valence-electron chi connectivity index (χ4n) is 1.80. The number of ether oxygens (including phenoxy) is 2. The quantitative estimate of drug-likeness (QED) is 0.332. The monoisotopic (exact) mass is 242 g/mol. The lowest BCUT2D eigenvalue weighted by Crippen LogP contribution is -2.33. The molecule has 0 amide bonds. The molecule has 102 valence electrons. The van der Waals surface area contributed by atoms with Crippen LogP contribution in [0.5, 0.6) is 0 Å². The Morgan fingerprint density at radius 3 is 2.35 bits per heavy atom. The molecule has 0 aromatic carbocycles. The fraction of sp³-hybridized carbons (Fsp3) is 0.867. The molecule has 2 heteroatoms. The molecule has 0 saturated heterocycles. The molecule has 0 rings (SSSR count). The van der Waals surface area contributed by atoms with E-state index in [0.29, 0.717) is 0 Å². The second-order valence-electron chi connectivity index (χ2n) is 5.06. The molecule has 2 nitrogen and oxygen atoms in total. The molecular weight excluding hydrogens is 212 g/mol. The minimum atomic E-state index is -0.500. The molecule has 0 aliphatic heterocycles. The van der Waals surface area contributed by atoms with Crippen LogP contribution in [-0.4, -0.2) is 19.0 Å². The van der Waals surface area contributed by atoms with Gasteiger partial charge in [-0.3, -0.25) is 0 Å². The second kappa shape index (κ2) is 8.71. The smallest absolute Gasteiger partial charge is 0.163 e. The third kappa shape index (κ3) is 7.56. The van der Waals surface area contributed by atoms with Gasteiger partial charge in [0.2, 0.25) is 0 Å². The van der Waals surface area contributed by atoms with Crippen LogP contribution in [-0.2, 0) is 9.47 Å². The number of allylic oxidation sites excluding steroid dienone is 1. The maximum absolute atomic E-state index is 6.06. The van der Waals surface area contributed by atoms with Crippen LogP contribution in [0.3, 0.4) is 0 Å². The summed E-state index contributed by atoms with van der Waals surface area (Å²) >= 11 is 0. The summed E-state index contributed by atoms with van der Waals surface area (Å²) in [6.45, 7) is 10.5. The third-order valence-electron chi connectivity index (χ3n) is 3.02. The molecule has 0 fully saturated rings. The molecule has 0 bridgehead atoms. The Morgan fingerprint density at radius 2 is 1.88 bits per heavy atom. The molecule has 0 heterocycles. The average molecular weight is 242 g/mol. The van der Waals surface area contributed by atoms with Crippen LogP contribution >= 0.6 is 0 Å². The van der Waals surface area contributed by atoms with Crippen molar-refractivity contribution in [2.24, 2.45) is 0 Å². The van der Waals surface area contributed by atoms with Gasteiger partial charge in [-0.15, -0.1) is 0 Å². The van der Waals surface area contributed by atoms with Crippen LogP contribution in [0.15, 0.2) is 11.6 Å². The first-order chi connectivity index (χ1) is 7.96. The normalized spacial score (nSPS) is 15.1. The molecule has 0 spiro atoms. The van der Waals surface area contributed by atoms with Gasteiger partial charge in [-0.25, -0.2) is 0 Å². The molecule has 0 aliphatic rings. The summed E-state index contributed by atoms with van der Waals surface area (Å²) in [6.07, 6.45) is 8.33. The number of hydrogen-bond acceptors (Lipinski definition) is 2. The summed E-state index contributed by atoms with van der Waals surface area (Å²) in [4.78, 5) is 0. The minimum absolute atomic E-state index is 0.191. The van der Waals surface area contributed by atoms with Crippen molar-refractivity contribution >= 4 is 0 Å². The Morgan fingerprint density at radius 1 is 1.24 bits per heavy atom. The number of rotatable bonds is 9. The van der Waals surface area contributed by atoms with Gasteiger partial charge in [0, 0.05) is 7.11 Å². The molecular formula is C15H30O2. The van der Waals surface area contributed by atoms with Crippen molar-refractivity contribution in [1.82, 2.24) is 0 Å². The summed E-state index contributed by atoms with van der Waals surface area (Å²) in [5.74, 6) is -0.500. The van der Waals surface area contributed by atoms with E-state index in [4.69, 9.17) is 9.47 Å². The van der Waals surface area contributed by atoms with Crippen LogP contribution in [0, 0.1) is 0 Å². The van der Waals surface area contributed by atoms with E-state index < -0.39 is 5.79 Å². The van der Waals surface area contributed by atoms with Gasteiger partial charge >= 0.3 is 0 Å². The molecule has 0 N–H and O–H groups in total. The van der Waals surface area contributed by atoms with Gasteiger partial charge in [0.15, 0.2) is 5.79 Å². The predicted octanol–water partition coefficient (Wildman–Crippen LogP) is 4.69. The van der Waals surface area contributed by atoms with Crippen molar-refractivity contribution in [2.75, 3.05) is 7.11 Å². The van der Waals surface area contributed by atoms with Crippen LogP contribution in [0.25, 0.3) is 0 Å². The SMILES string of the molecule is CCC=C(C)C(CCCCC)OC(C)(C)OC. The summed E-state index contributed by atoms with van der Waals surface area (Å²) in [5.41, 5.74) is 1.33. The Bertz CT molecular complexity index is 219. The lowest BCUT2D eigenvalue weighted by atomic mass is 10.0. The Kier molecular flexibility index (Phi) is 8.53. The van der Waals surface area contributed by atoms with E-state index >= 15 is 0 Å². The lowest BCUT2D eigenvalue weighted by molar-refractivity contribution is -0.216. The number of methoxy groups -OCH3 is 1. The van der Waals surface area contributed by atoms with Crippen LogP contribution in [0.2, 0.25) is 0 Å². The van der Waals surface area contributed by atoms with E-state index in [1.165, 1.54) is 24.8 Å². The zero-order valence-electron chi connectivity index (χ0n) is 12.5. The van der Waals surface area contributed by atoms with Crippen molar-refractivity contribution in [3.63, 3.8) is 0 Å². The maximum Gasteiger partial charge on any atom is 0.163 e. The maximum atomic E-state index is 6.06. The van der Waals surface area contributed by atoms with E-state index in [-0.39, 0.29) is 6.10 Å². The highest BCUT2D eigenvalue weighted by atomic mass is 16.7. The lowest BCUT2D eigenvalue weighted by Gasteiger charge is -2.30. The fourth-order valence-corrected chi connectivity index (χ4v) is 1.80. The number of unbranched alkanes of at least 4 members (excludes halogenated alkanes) is 2. The van der Waals surface area contributed by atoms with E-state index in [9.17, 15) is 0 Å². The minimum Gasteiger partial charge on any atom is -0.354 e. The van der Waals surface area contributed by atoms with Crippen LogP contribution in [0.4, 0.5) is 0 Å². The van der Waals surface area contributed by atoms with E-state index in [0.717, 1.165) is 12.8 Å². The van der Waals surface area contributed by atoms with Crippen molar-refractivity contribution in [3.05, 3.63) is 11.6 Å². The first-order valence-corrected chi connectivity index (χ1v) is 6.86. The second-order valence-corrected chi connectivity index (χ2v) is 5.06. The van der Waals surface area contributed by atoms with Gasteiger partial charge in [-0.1, -0.05) is 39.2 Å². The standard InChI is InChI=1S/C15H30O2/c1-7-9-10-12-14(13(3)11-8-2)17-15(4,5)16-6/h11,14H,7-10,12H2,1-6H3. The molecule has 1 unspecified atom stereocenters. The molecule has 0 aromatic heterocycles. The molecule has 0 aliphatic carbocycles. The molecule has 0 aromatic rings. The highest BCUT2D eigenvalue weighted by molar-refractivity contribution is 5.05. The van der Waals surface area contributed by atoms with Crippen molar-refractivity contribution < 1.29 is 9.47 Å². The Balaban J connectivity index is 4.45. The van der Waals surface area contributed by atoms with Gasteiger partial charge in [0.05, 0.1) is 6.10 Å². The van der Waals surface area contributed by atoms with Gasteiger partial charge in [0.1, 0.15) is 0 Å². The molecule has 1 atom stereocenters. The summed E-state index contributed by atoms with van der Waals surface area (Å²) in [5, 5.41) is 0. The highest BCUT2D eigenvalue weighted by Crippen LogP contribution is 2.22. The van der Waals surface area contributed by atoms with Gasteiger partial charge in [-0.2, -0.15) is 0 Å². The summed E-state index contributed by atoms with van der Waals surface area (Å²) < 4.78 is 11.4. The first-order valence-electron chi connectivity index (χ1n) is 6.86. The first kappa shape index (κ1) is 16.7. The Hall–Kier alpha value is -0.340. The van der Waals surface area contributed by atoms with E-state index in [1.54, 1.807) is 7.11 Å². The molecule has 0 radical (unpaired) electrons. The number of hydrogen-bond donors (Lipinski definition) is 0. The predicted molar refractivity (Wildman–Crippen MR) is 74.2 cm³/mol. The van der Waals surface area contributed by atoms with Gasteiger partial charge in [0.25, 0.3) is 0 Å². The zero-order valence-corrected chi connectivity index (χ0v) is 12.5. The average Bonchev–Trinajstić information content (AvgIpc) is 2.28. The zero-order chi connectivity index (χ0) is 13.3. The Labute approximate surface area is 107 Å².